The molecule has 4 nitrogen and oxygen atoms in total. The summed E-state index contributed by atoms with van der Waals surface area (Å²) in [5, 5.41) is 7.53. The van der Waals surface area contributed by atoms with E-state index in [1.165, 1.54) is 11.3 Å². The van der Waals surface area contributed by atoms with Gasteiger partial charge in [-0.3, -0.25) is 9.59 Å². The van der Waals surface area contributed by atoms with E-state index in [0.717, 1.165) is 21.6 Å². The van der Waals surface area contributed by atoms with Crippen LogP contribution in [-0.4, -0.2) is 11.8 Å². The average molecular weight is 391 g/mol. The van der Waals surface area contributed by atoms with Crippen molar-refractivity contribution in [3.8, 4) is 0 Å². The van der Waals surface area contributed by atoms with Gasteiger partial charge in [0.05, 0.1) is 0 Å². The van der Waals surface area contributed by atoms with Crippen LogP contribution in [0.25, 0.3) is 6.08 Å². The van der Waals surface area contributed by atoms with Crippen LogP contribution in [0.5, 0.6) is 0 Å². The Kier molecular flexibility index (Phi) is 6.06. The fraction of sp³-hybridized carbons (Fsp3) is 0.130. The first kappa shape index (κ1) is 19.6. The normalized spacial score (nSPS) is 11.2. The molecule has 0 fully saturated rings. The first-order valence-electron chi connectivity index (χ1n) is 8.94. The molecule has 0 aliphatic heterocycles. The van der Waals surface area contributed by atoms with Crippen LogP contribution < -0.4 is 10.6 Å². The van der Waals surface area contributed by atoms with Gasteiger partial charge in [0.25, 0.3) is 11.8 Å². The number of anilines is 1. The molecular formula is C23H22N2O2S. The van der Waals surface area contributed by atoms with E-state index in [0.29, 0.717) is 11.3 Å². The molecule has 0 bridgehead atoms. The highest BCUT2D eigenvalue weighted by atomic mass is 32.1. The molecule has 5 heteroatoms. The maximum absolute atomic E-state index is 12.8. The van der Waals surface area contributed by atoms with E-state index >= 15 is 0 Å². The van der Waals surface area contributed by atoms with Crippen molar-refractivity contribution in [2.45, 2.75) is 20.8 Å². The number of aryl methyl sites for hydroxylation is 3. The Bertz CT molecular complexity index is 1020. The van der Waals surface area contributed by atoms with E-state index < -0.39 is 0 Å². The molecule has 2 amide bonds. The van der Waals surface area contributed by atoms with Gasteiger partial charge < -0.3 is 10.6 Å². The maximum atomic E-state index is 12.8. The van der Waals surface area contributed by atoms with Gasteiger partial charge in [-0.2, -0.15) is 0 Å². The van der Waals surface area contributed by atoms with Gasteiger partial charge in [0.15, 0.2) is 0 Å². The Hall–Kier alpha value is -3.18. The van der Waals surface area contributed by atoms with Gasteiger partial charge in [-0.05, 0) is 73.7 Å². The molecular weight excluding hydrogens is 368 g/mol. The topological polar surface area (TPSA) is 58.2 Å². The molecule has 28 heavy (non-hydrogen) atoms. The third-order valence-electron chi connectivity index (χ3n) is 4.40. The van der Waals surface area contributed by atoms with Crippen LogP contribution in [-0.2, 0) is 4.79 Å². The second-order valence-electron chi connectivity index (χ2n) is 6.65. The van der Waals surface area contributed by atoms with Crippen molar-refractivity contribution in [3.05, 3.63) is 92.8 Å². The number of thiophene rings is 1. The molecule has 142 valence electrons. The summed E-state index contributed by atoms with van der Waals surface area (Å²) in [7, 11) is 0. The van der Waals surface area contributed by atoms with E-state index in [2.05, 4.69) is 10.6 Å². The molecule has 2 N–H and O–H groups in total. The summed E-state index contributed by atoms with van der Waals surface area (Å²) >= 11 is 1.50. The molecule has 3 aromatic rings. The predicted molar refractivity (Wildman–Crippen MR) is 115 cm³/mol. The zero-order valence-electron chi connectivity index (χ0n) is 16.1. The van der Waals surface area contributed by atoms with Gasteiger partial charge in [-0.1, -0.05) is 29.8 Å². The van der Waals surface area contributed by atoms with Crippen molar-refractivity contribution in [2.24, 2.45) is 0 Å². The van der Waals surface area contributed by atoms with Crippen LogP contribution in [0.3, 0.4) is 0 Å². The molecule has 2 aromatic carbocycles. The lowest BCUT2D eigenvalue weighted by Gasteiger charge is -2.12. The Morgan fingerprint density at radius 3 is 2.32 bits per heavy atom. The molecule has 3 rings (SSSR count). The van der Waals surface area contributed by atoms with E-state index in [9.17, 15) is 9.59 Å². The summed E-state index contributed by atoms with van der Waals surface area (Å²) in [5.74, 6) is -0.681. The molecule has 0 aliphatic carbocycles. The van der Waals surface area contributed by atoms with Crippen LogP contribution in [0.15, 0.2) is 65.7 Å². The van der Waals surface area contributed by atoms with Crippen LogP contribution in [0.2, 0.25) is 0 Å². The van der Waals surface area contributed by atoms with Gasteiger partial charge in [0, 0.05) is 16.1 Å². The number of benzene rings is 2. The van der Waals surface area contributed by atoms with Gasteiger partial charge in [0.1, 0.15) is 5.70 Å². The average Bonchev–Trinajstić information content (AvgIpc) is 3.18. The summed E-state index contributed by atoms with van der Waals surface area (Å²) in [6.45, 7) is 5.93. The van der Waals surface area contributed by atoms with E-state index in [4.69, 9.17) is 0 Å². The largest absolute Gasteiger partial charge is 0.321 e. The number of hydrogen-bond acceptors (Lipinski definition) is 3. The Morgan fingerprint density at radius 1 is 0.929 bits per heavy atom. The van der Waals surface area contributed by atoms with E-state index in [1.807, 2.05) is 74.7 Å². The quantitative estimate of drug-likeness (QED) is 0.597. The minimum atomic E-state index is -0.366. The summed E-state index contributed by atoms with van der Waals surface area (Å²) in [4.78, 5) is 26.4. The first-order chi connectivity index (χ1) is 13.4. The van der Waals surface area contributed by atoms with Crippen molar-refractivity contribution >= 4 is 34.9 Å². The predicted octanol–water partition coefficient (Wildman–Crippen LogP) is 5.08. The van der Waals surface area contributed by atoms with Crippen LogP contribution in [0, 0.1) is 20.8 Å². The Morgan fingerprint density at radius 2 is 1.68 bits per heavy atom. The second kappa shape index (κ2) is 8.67. The highest BCUT2D eigenvalue weighted by molar-refractivity contribution is 7.10. The molecule has 0 atom stereocenters. The third-order valence-corrected chi connectivity index (χ3v) is 5.22. The lowest BCUT2D eigenvalue weighted by atomic mass is 10.1. The van der Waals surface area contributed by atoms with Gasteiger partial charge in [-0.25, -0.2) is 0 Å². The zero-order chi connectivity index (χ0) is 20.1. The molecule has 0 unspecified atom stereocenters. The molecule has 0 saturated heterocycles. The van der Waals surface area contributed by atoms with Gasteiger partial charge in [-0.15, -0.1) is 11.3 Å². The van der Waals surface area contributed by atoms with Crippen molar-refractivity contribution in [2.75, 3.05) is 5.32 Å². The number of rotatable bonds is 5. The summed E-state index contributed by atoms with van der Waals surface area (Å²) in [5.41, 5.74) is 4.64. The van der Waals surface area contributed by atoms with Crippen molar-refractivity contribution < 1.29 is 9.59 Å². The molecule has 1 aromatic heterocycles. The second-order valence-corrected chi connectivity index (χ2v) is 7.63. The van der Waals surface area contributed by atoms with Gasteiger partial charge >= 0.3 is 0 Å². The lowest BCUT2D eigenvalue weighted by Crippen LogP contribution is -2.30. The summed E-state index contributed by atoms with van der Waals surface area (Å²) in [6.07, 6.45) is 1.69. The third kappa shape index (κ3) is 4.96. The van der Waals surface area contributed by atoms with E-state index in [-0.39, 0.29) is 17.5 Å². The first-order valence-corrected chi connectivity index (χ1v) is 9.82. The zero-order valence-corrected chi connectivity index (χ0v) is 16.9. The minimum absolute atomic E-state index is 0.200. The number of carbonyl (C=O) groups is 2. The van der Waals surface area contributed by atoms with Crippen LogP contribution in [0.4, 0.5) is 5.69 Å². The maximum Gasteiger partial charge on any atom is 0.272 e. The smallest absolute Gasteiger partial charge is 0.272 e. The highest BCUT2D eigenvalue weighted by Gasteiger charge is 2.15. The molecule has 0 saturated carbocycles. The minimum Gasteiger partial charge on any atom is -0.321 e. The van der Waals surface area contributed by atoms with Gasteiger partial charge in [0.2, 0.25) is 0 Å². The summed E-state index contributed by atoms with van der Waals surface area (Å²) in [6, 6.07) is 16.8. The number of carbonyl (C=O) groups excluding carboxylic acids is 2. The highest BCUT2D eigenvalue weighted by Crippen LogP contribution is 2.16. The monoisotopic (exact) mass is 390 g/mol. The molecule has 0 aliphatic rings. The Balaban J connectivity index is 1.84. The number of amides is 2. The number of hydrogen-bond donors (Lipinski definition) is 2. The number of nitrogens with one attached hydrogen (secondary N) is 2. The fourth-order valence-electron chi connectivity index (χ4n) is 2.59. The molecule has 0 radical (unpaired) electrons. The van der Waals surface area contributed by atoms with Crippen molar-refractivity contribution in [1.29, 1.82) is 0 Å². The van der Waals surface area contributed by atoms with Crippen molar-refractivity contribution in [3.63, 3.8) is 0 Å². The molecule has 1 heterocycles. The fourth-order valence-corrected chi connectivity index (χ4v) is 3.24. The van der Waals surface area contributed by atoms with Crippen LogP contribution in [0.1, 0.15) is 31.9 Å². The lowest BCUT2D eigenvalue weighted by molar-refractivity contribution is -0.113. The SMILES string of the molecule is Cc1ccc(NC(=O)C(=Cc2cccs2)NC(=O)c2ccc(C)c(C)c2)cc1. The standard InChI is InChI=1S/C23H22N2O2S/c1-15-6-10-19(11-7-15)24-23(27)21(14-20-5-4-12-28-20)25-22(26)18-9-8-16(2)17(3)13-18/h4-14H,1-3H3,(H,24,27)(H,25,26). The van der Waals surface area contributed by atoms with Crippen LogP contribution >= 0.6 is 11.3 Å². The van der Waals surface area contributed by atoms with Crippen molar-refractivity contribution in [1.82, 2.24) is 5.32 Å². The molecule has 0 spiro atoms. The summed E-state index contributed by atoms with van der Waals surface area (Å²) < 4.78 is 0. The van der Waals surface area contributed by atoms with E-state index in [1.54, 1.807) is 12.1 Å². The Labute approximate surface area is 168 Å².